The van der Waals surface area contributed by atoms with Crippen LogP contribution in [-0.4, -0.2) is 6.61 Å². The first-order valence-electron chi connectivity index (χ1n) is 7.02. The van der Waals surface area contributed by atoms with Gasteiger partial charge in [0.2, 0.25) is 0 Å². The second-order valence-electron chi connectivity index (χ2n) is 4.94. The first-order valence-corrected chi connectivity index (χ1v) is 7.02. The minimum Gasteiger partial charge on any atom is -0.493 e. The predicted octanol–water partition coefficient (Wildman–Crippen LogP) is 4.50. The Morgan fingerprint density at radius 3 is 2.65 bits per heavy atom. The molecule has 0 saturated heterocycles. The lowest BCUT2D eigenvalue weighted by molar-refractivity contribution is 0.313. The first-order chi connectivity index (χ1) is 8.36. The average Bonchev–Trinajstić information content (AvgIpc) is 2.89. The van der Waals surface area contributed by atoms with Crippen molar-refractivity contribution in [2.45, 2.75) is 58.3 Å². The van der Waals surface area contributed by atoms with E-state index in [1.54, 1.807) is 0 Å². The van der Waals surface area contributed by atoms with Crippen molar-refractivity contribution in [1.82, 2.24) is 0 Å². The van der Waals surface area contributed by atoms with E-state index in [1.807, 2.05) is 6.07 Å². The highest BCUT2D eigenvalue weighted by Crippen LogP contribution is 2.38. The van der Waals surface area contributed by atoms with Crippen LogP contribution in [0.25, 0.3) is 0 Å². The number of rotatable bonds is 5. The topological polar surface area (TPSA) is 9.23 Å². The van der Waals surface area contributed by atoms with Gasteiger partial charge in [0.05, 0.1) is 6.61 Å². The summed E-state index contributed by atoms with van der Waals surface area (Å²) in [6.07, 6.45) is 7.59. The molecule has 0 N–H and O–H groups in total. The van der Waals surface area contributed by atoms with E-state index in [2.05, 4.69) is 26.0 Å². The van der Waals surface area contributed by atoms with Gasteiger partial charge >= 0.3 is 0 Å². The molecule has 1 aliphatic rings. The Bertz CT molecular complexity index is 351. The Kier molecular flexibility index (Phi) is 4.47. The standard InChI is InChI=1S/C16H23O/c1-3-12-17-16-11-7-10-15(14(16)4-2)13-8-5-6-9-13/h10-11,13H,3-6,8-9,12H2,1-2H3. The maximum atomic E-state index is 5.85. The van der Waals surface area contributed by atoms with E-state index in [0.29, 0.717) is 0 Å². The van der Waals surface area contributed by atoms with Gasteiger partial charge in [-0.1, -0.05) is 32.8 Å². The third kappa shape index (κ3) is 2.83. The van der Waals surface area contributed by atoms with Crippen LogP contribution >= 0.6 is 0 Å². The van der Waals surface area contributed by atoms with E-state index >= 15 is 0 Å². The highest BCUT2D eigenvalue weighted by atomic mass is 16.5. The molecule has 1 fully saturated rings. The molecule has 1 saturated carbocycles. The Hall–Kier alpha value is -0.980. The average molecular weight is 231 g/mol. The van der Waals surface area contributed by atoms with Gasteiger partial charge in [0.25, 0.3) is 0 Å². The molecule has 0 atom stereocenters. The Morgan fingerprint density at radius 1 is 1.24 bits per heavy atom. The summed E-state index contributed by atoms with van der Waals surface area (Å²) < 4.78 is 5.85. The maximum absolute atomic E-state index is 5.85. The van der Waals surface area contributed by atoms with Gasteiger partial charge in [0.15, 0.2) is 0 Å². The van der Waals surface area contributed by atoms with Crippen LogP contribution in [0.15, 0.2) is 12.1 Å². The second-order valence-corrected chi connectivity index (χ2v) is 4.94. The van der Waals surface area contributed by atoms with Crippen molar-refractivity contribution in [3.8, 4) is 5.75 Å². The summed E-state index contributed by atoms with van der Waals surface area (Å²) >= 11 is 0. The lowest BCUT2D eigenvalue weighted by Gasteiger charge is -2.18. The molecular weight excluding hydrogens is 208 g/mol. The molecule has 2 rings (SSSR count). The molecule has 1 nitrogen and oxygen atoms in total. The van der Waals surface area contributed by atoms with Crippen molar-refractivity contribution in [3.63, 3.8) is 0 Å². The van der Waals surface area contributed by atoms with E-state index in [4.69, 9.17) is 4.74 Å². The minimum absolute atomic E-state index is 0.756. The molecule has 1 heteroatoms. The summed E-state index contributed by atoms with van der Waals surface area (Å²) in [5.74, 6) is 1.82. The molecule has 17 heavy (non-hydrogen) atoms. The molecule has 0 heterocycles. The van der Waals surface area contributed by atoms with Crippen LogP contribution < -0.4 is 4.74 Å². The Balaban J connectivity index is 2.24. The van der Waals surface area contributed by atoms with Gasteiger partial charge in [-0.15, -0.1) is 0 Å². The summed E-state index contributed by atoms with van der Waals surface area (Å²) in [6, 6.07) is 7.46. The van der Waals surface area contributed by atoms with Gasteiger partial charge in [-0.2, -0.15) is 0 Å². The molecule has 0 spiro atoms. The molecule has 1 radical (unpaired) electrons. The van der Waals surface area contributed by atoms with E-state index in [1.165, 1.54) is 36.8 Å². The lowest BCUT2D eigenvalue weighted by Crippen LogP contribution is -2.04. The largest absolute Gasteiger partial charge is 0.493 e. The third-order valence-corrected chi connectivity index (χ3v) is 3.71. The van der Waals surface area contributed by atoms with Gasteiger partial charge in [0, 0.05) is 0 Å². The van der Waals surface area contributed by atoms with Crippen molar-refractivity contribution >= 4 is 0 Å². The summed E-state index contributed by atoms with van der Waals surface area (Å²) in [5, 5.41) is 0. The quantitative estimate of drug-likeness (QED) is 0.725. The Labute approximate surface area is 105 Å². The van der Waals surface area contributed by atoms with Crippen LogP contribution in [0.3, 0.4) is 0 Å². The molecule has 0 unspecified atom stereocenters. The van der Waals surface area contributed by atoms with Crippen molar-refractivity contribution in [3.05, 3.63) is 29.3 Å². The number of ether oxygens (including phenoxy) is 1. The number of hydrogen-bond donors (Lipinski definition) is 0. The molecule has 0 aliphatic heterocycles. The van der Waals surface area contributed by atoms with Crippen molar-refractivity contribution in [2.24, 2.45) is 0 Å². The van der Waals surface area contributed by atoms with Crippen LogP contribution in [0.5, 0.6) is 5.75 Å². The molecule has 0 aromatic heterocycles. The van der Waals surface area contributed by atoms with Gasteiger partial charge < -0.3 is 4.74 Å². The third-order valence-electron chi connectivity index (χ3n) is 3.71. The summed E-state index contributed by atoms with van der Waals surface area (Å²) in [6.45, 7) is 5.19. The zero-order valence-corrected chi connectivity index (χ0v) is 11.1. The number of benzene rings is 1. The zero-order chi connectivity index (χ0) is 12.1. The van der Waals surface area contributed by atoms with Crippen molar-refractivity contribution < 1.29 is 4.74 Å². The monoisotopic (exact) mass is 231 g/mol. The predicted molar refractivity (Wildman–Crippen MR) is 71.7 cm³/mol. The summed E-state index contributed by atoms with van der Waals surface area (Å²) in [5.41, 5.74) is 2.92. The molecule has 1 aromatic carbocycles. The highest BCUT2D eigenvalue weighted by Gasteiger charge is 2.21. The van der Waals surface area contributed by atoms with Gasteiger partial charge in [-0.25, -0.2) is 0 Å². The molecule has 0 amide bonds. The van der Waals surface area contributed by atoms with Gasteiger partial charge in [-0.3, -0.25) is 0 Å². The fourth-order valence-corrected chi connectivity index (χ4v) is 2.84. The van der Waals surface area contributed by atoms with E-state index < -0.39 is 0 Å². The SMILES string of the molecule is CCCOc1c[c]cc(C2CCCC2)c1CC. The summed E-state index contributed by atoms with van der Waals surface area (Å²) in [4.78, 5) is 0. The summed E-state index contributed by atoms with van der Waals surface area (Å²) in [7, 11) is 0. The van der Waals surface area contributed by atoms with Crippen LogP contribution in [0.2, 0.25) is 0 Å². The van der Waals surface area contributed by atoms with Crippen molar-refractivity contribution in [1.29, 1.82) is 0 Å². The van der Waals surface area contributed by atoms with Crippen molar-refractivity contribution in [2.75, 3.05) is 6.61 Å². The van der Waals surface area contributed by atoms with Crippen LogP contribution in [-0.2, 0) is 6.42 Å². The van der Waals surface area contributed by atoms with Gasteiger partial charge in [0.1, 0.15) is 5.75 Å². The van der Waals surface area contributed by atoms with Crippen LogP contribution in [0.1, 0.15) is 63.0 Å². The fraction of sp³-hybridized carbons (Fsp3) is 0.625. The maximum Gasteiger partial charge on any atom is 0.123 e. The second kappa shape index (κ2) is 6.09. The smallest absolute Gasteiger partial charge is 0.123 e. The molecule has 1 aliphatic carbocycles. The van der Waals surface area contributed by atoms with Crippen LogP contribution in [0, 0.1) is 6.07 Å². The molecule has 93 valence electrons. The normalized spacial score (nSPS) is 16.4. The van der Waals surface area contributed by atoms with E-state index in [9.17, 15) is 0 Å². The lowest BCUT2D eigenvalue weighted by atomic mass is 9.91. The van der Waals surface area contributed by atoms with Crippen LogP contribution in [0.4, 0.5) is 0 Å². The fourth-order valence-electron chi connectivity index (χ4n) is 2.84. The molecule has 1 aromatic rings. The molecule has 0 bridgehead atoms. The Morgan fingerprint density at radius 2 is 2.00 bits per heavy atom. The number of hydrogen-bond acceptors (Lipinski definition) is 1. The van der Waals surface area contributed by atoms with E-state index in [-0.39, 0.29) is 0 Å². The minimum atomic E-state index is 0.756. The van der Waals surface area contributed by atoms with Gasteiger partial charge in [-0.05, 0) is 54.9 Å². The van der Waals surface area contributed by atoms with E-state index in [0.717, 1.165) is 31.1 Å². The molecular formula is C16H23O. The first kappa shape index (κ1) is 12.5. The zero-order valence-electron chi connectivity index (χ0n) is 11.1. The highest BCUT2D eigenvalue weighted by molar-refractivity contribution is 5.42.